The van der Waals surface area contributed by atoms with Gasteiger partial charge in [-0.15, -0.1) is 16.8 Å². The fourth-order valence-corrected chi connectivity index (χ4v) is 4.01. The molecule has 0 radical (unpaired) electrons. The summed E-state index contributed by atoms with van der Waals surface area (Å²) in [6.45, 7) is 10.6. The van der Waals surface area contributed by atoms with Crippen molar-refractivity contribution in [3.8, 4) is 11.5 Å². The van der Waals surface area contributed by atoms with Crippen LogP contribution in [-0.2, 0) is 17.9 Å². The molecule has 0 aliphatic rings. The van der Waals surface area contributed by atoms with Crippen LogP contribution in [0.3, 0.4) is 0 Å². The average molecular weight is 453 g/mol. The van der Waals surface area contributed by atoms with Crippen LogP contribution in [0.2, 0.25) is 0 Å². The lowest BCUT2D eigenvalue weighted by atomic mass is 10.1. The number of rotatable bonds is 10. The van der Waals surface area contributed by atoms with Gasteiger partial charge in [0.2, 0.25) is 5.91 Å². The minimum atomic E-state index is -0.152. The maximum atomic E-state index is 12.5. The number of nitrogens with one attached hydrogen (secondary N) is 1. The van der Waals surface area contributed by atoms with Crippen LogP contribution in [0.4, 0.5) is 5.69 Å². The van der Waals surface area contributed by atoms with Gasteiger partial charge in [-0.25, -0.2) is 0 Å². The maximum Gasteiger partial charge on any atom is 0.234 e. The van der Waals surface area contributed by atoms with Crippen LogP contribution < -0.4 is 14.8 Å². The van der Waals surface area contributed by atoms with Gasteiger partial charge >= 0.3 is 0 Å². The van der Waals surface area contributed by atoms with Crippen LogP contribution in [0.25, 0.3) is 0 Å². The molecule has 1 amide bonds. The number of hydrogen-bond donors (Lipinski definition) is 1. The summed E-state index contributed by atoms with van der Waals surface area (Å²) in [5, 5.41) is 12.1. The van der Waals surface area contributed by atoms with Gasteiger partial charge in [0, 0.05) is 6.54 Å². The van der Waals surface area contributed by atoms with Gasteiger partial charge in [-0.2, -0.15) is 0 Å². The topological polar surface area (TPSA) is 78.3 Å². The number of thioether (sulfide) groups is 1. The van der Waals surface area contributed by atoms with Crippen LogP contribution in [0, 0.1) is 20.8 Å². The van der Waals surface area contributed by atoms with Crippen LogP contribution in [0.1, 0.15) is 22.5 Å². The molecule has 7 nitrogen and oxygen atoms in total. The van der Waals surface area contributed by atoms with Crippen molar-refractivity contribution in [2.75, 3.05) is 18.2 Å². The monoisotopic (exact) mass is 452 g/mol. The van der Waals surface area contributed by atoms with Crippen LogP contribution >= 0.6 is 11.8 Å². The van der Waals surface area contributed by atoms with E-state index in [1.807, 2.05) is 61.7 Å². The maximum absolute atomic E-state index is 12.5. The molecule has 1 aromatic heterocycles. The smallest absolute Gasteiger partial charge is 0.234 e. The molecule has 0 aliphatic heterocycles. The molecule has 0 unspecified atom stereocenters. The highest BCUT2D eigenvalue weighted by Gasteiger charge is 2.16. The second-order valence-corrected chi connectivity index (χ2v) is 8.29. The zero-order valence-corrected chi connectivity index (χ0v) is 19.7. The SMILES string of the molecule is C=CCn1c(COc2c(C)cccc2C)nnc1SCC(=O)Nc1cc(C)ccc1OC. The predicted octanol–water partition coefficient (Wildman–Crippen LogP) is 4.71. The quantitative estimate of drug-likeness (QED) is 0.355. The molecule has 0 fully saturated rings. The van der Waals surface area contributed by atoms with Gasteiger partial charge in [0.1, 0.15) is 18.1 Å². The lowest BCUT2D eigenvalue weighted by Gasteiger charge is -2.13. The molecule has 3 aromatic rings. The highest BCUT2D eigenvalue weighted by molar-refractivity contribution is 7.99. The number of carbonyl (C=O) groups excluding carboxylic acids is 1. The van der Waals surface area contributed by atoms with E-state index in [-0.39, 0.29) is 18.3 Å². The molecule has 3 rings (SSSR count). The molecular weight excluding hydrogens is 424 g/mol. The number of aromatic nitrogens is 3. The number of allylic oxidation sites excluding steroid dienone is 1. The molecule has 1 heterocycles. The Morgan fingerprint density at radius 2 is 1.94 bits per heavy atom. The summed E-state index contributed by atoms with van der Waals surface area (Å²) in [4.78, 5) is 12.5. The highest BCUT2D eigenvalue weighted by atomic mass is 32.2. The molecule has 0 atom stereocenters. The number of hydrogen-bond acceptors (Lipinski definition) is 6. The Hall–Kier alpha value is -3.26. The number of aryl methyl sites for hydroxylation is 3. The molecule has 0 saturated carbocycles. The lowest BCUT2D eigenvalue weighted by Crippen LogP contribution is -2.15. The van der Waals surface area contributed by atoms with E-state index >= 15 is 0 Å². The molecule has 0 saturated heterocycles. The van der Waals surface area contributed by atoms with Crippen molar-refractivity contribution in [2.24, 2.45) is 0 Å². The number of anilines is 1. The Balaban J connectivity index is 1.67. The molecule has 168 valence electrons. The molecule has 1 N–H and O–H groups in total. The second kappa shape index (κ2) is 10.9. The zero-order valence-electron chi connectivity index (χ0n) is 18.8. The van der Waals surface area contributed by atoms with Crippen molar-refractivity contribution in [3.05, 3.63) is 71.6 Å². The van der Waals surface area contributed by atoms with E-state index in [2.05, 4.69) is 22.1 Å². The van der Waals surface area contributed by atoms with Crippen molar-refractivity contribution >= 4 is 23.4 Å². The van der Waals surface area contributed by atoms with Gasteiger partial charge in [-0.1, -0.05) is 42.1 Å². The minimum absolute atomic E-state index is 0.152. The molecule has 0 aliphatic carbocycles. The molecule has 0 spiro atoms. The van der Waals surface area contributed by atoms with Crippen molar-refractivity contribution in [2.45, 2.75) is 39.1 Å². The van der Waals surface area contributed by atoms with E-state index in [1.165, 1.54) is 11.8 Å². The van der Waals surface area contributed by atoms with E-state index in [0.717, 1.165) is 22.4 Å². The average Bonchev–Trinajstić information content (AvgIpc) is 3.14. The summed E-state index contributed by atoms with van der Waals surface area (Å²) in [5.41, 5.74) is 3.82. The third-order valence-corrected chi connectivity index (χ3v) is 5.79. The van der Waals surface area contributed by atoms with Gasteiger partial charge in [-0.05, 0) is 49.6 Å². The number of para-hydroxylation sites is 1. The fraction of sp³-hybridized carbons (Fsp3) is 0.292. The van der Waals surface area contributed by atoms with E-state index in [0.29, 0.717) is 29.0 Å². The van der Waals surface area contributed by atoms with Crippen molar-refractivity contribution in [3.63, 3.8) is 0 Å². The standard InChI is InChI=1S/C24H28N4O3S/c1-6-12-28-21(14-31-23-17(3)8-7-9-18(23)4)26-27-24(28)32-15-22(29)25-19-13-16(2)10-11-20(19)30-5/h6-11,13H,1,12,14-15H2,2-5H3,(H,25,29). The van der Waals surface area contributed by atoms with E-state index in [4.69, 9.17) is 9.47 Å². The Bertz CT molecular complexity index is 1090. The minimum Gasteiger partial charge on any atom is -0.495 e. The summed E-state index contributed by atoms with van der Waals surface area (Å²) in [7, 11) is 1.58. The van der Waals surface area contributed by atoms with Crippen LogP contribution in [-0.4, -0.2) is 33.5 Å². The van der Waals surface area contributed by atoms with Gasteiger partial charge in [0.25, 0.3) is 0 Å². The summed E-state index contributed by atoms with van der Waals surface area (Å²) in [6.07, 6.45) is 1.77. The Morgan fingerprint density at radius 3 is 2.62 bits per heavy atom. The predicted molar refractivity (Wildman–Crippen MR) is 128 cm³/mol. The van der Waals surface area contributed by atoms with E-state index in [9.17, 15) is 4.79 Å². The summed E-state index contributed by atoms with van der Waals surface area (Å²) >= 11 is 1.31. The van der Waals surface area contributed by atoms with Gasteiger partial charge in [-0.3, -0.25) is 9.36 Å². The first-order chi connectivity index (χ1) is 15.4. The second-order valence-electron chi connectivity index (χ2n) is 7.35. The first-order valence-electron chi connectivity index (χ1n) is 10.2. The van der Waals surface area contributed by atoms with Crippen molar-refractivity contribution in [1.82, 2.24) is 14.8 Å². The third-order valence-electron chi connectivity index (χ3n) is 4.82. The third kappa shape index (κ3) is 5.70. The normalized spacial score (nSPS) is 10.6. The Morgan fingerprint density at radius 1 is 1.19 bits per heavy atom. The molecular formula is C24H28N4O3S. The molecule has 8 heteroatoms. The van der Waals surface area contributed by atoms with Gasteiger partial charge in [0.05, 0.1) is 18.6 Å². The van der Waals surface area contributed by atoms with E-state index in [1.54, 1.807) is 13.2 Å². The number of carbonyl (C=O) groups is 1. The Kier molecular flexibility index (Phi) is 7.94. The number of methoxy groups -OCH3 is 1. The van der Waals surface area contributed by atoms with Gasteiger partial charge in [0.15, 0.2) is 11.0 Å². The molecule has 2 aromatic carbocycles. The number of benzene rings is 2. The zero-order chi connectivity index (χ0) is 23.1. The van der Waals surface area contributed by atoms with E-state index < -0.39 is 0 Å². The van der Waals surface area contributed by atoms with Crippen molar-refractivity contribution in [1.29, 1.82) is 0 Å². The molecule has 32 heavy (non-hydrogen) atoms. The summed E-state index contributed by atoms with van der Waals surface area (Å²) in [6, 6.07) is 11.7. The fourth-order valence-electron chi connectivity index (χ4n) is 3.24. The largest absolute Gasteiger partial charge is 0.495 e. The summed E-state index contributed by atoms with van der Waals surface area (Å²) < 4.78 is 13.3. The number of ether oxygens (including phenoxy) is 2. The molecule has 0 bridgehead atoms. The van der Waals surface area contributed by atoms with Crippen LogP contribution in [0.15, 0.2) is 54.2 Å². The first kappa shape index (κ1) is 23.4. The summed E-state index contributed by atoms with van der Waals surface area (Å²) in [5.74, 6) is 2.18. The first-order valence-corrected chi connectivity index (χ1v) is 11.2. The highest BCUT2D eigenvalue weighted by Crippen LogP contribution is 2.27. The lowest BCUT2D eigenvalue weighted by molar-refractivity contribution is -0.113. The number of nitrogens with zero attached hydrogens (tertiary/aromatic N) is 3. The van der Waals surface area contributed by atoms with Crippen LogP contribution in [0.5, 0.6) is 11.5 Å². The van der Waals surface area contributed by atoms with Crippen molar-refractivity contribution < 1.29 is 14.3 Å². The van der Waals surface area contributed by atoms with Gasteiger partial charge < -0.3 is 14.8 Å². The number of amides is 1. The Labute approximate surface area is 192 Å².